The number of rotatable bonds is 6. The van der Waals surface area contributed by atoms with Gasteiger partial charge in [-0.05, 0) is 49.3 Å². The second kappa shape index (κ2) is 7.70. The Kier molecular flexibility index (Phi) is 5.61. The summed E-state index contributed by atoms with van der Waals surface area (Å²) in [6.07, 6.45) is 4.04. The summed E-state index contributed by atoms with van der Waals surface area (Å²) in [6.45, 7) is 6.95. The summed E-state index contributed by atoms with van der Waals surface area (Å²) in [5, 5.41) is -0.218. The fourth-order valence-electron chi connectivity index (χ4n) is 3.35. The maximum absolute atomic E-state index is 12.4. The monoisotopic (exact) mass is 346 g/mol. The van der Waals surface area contributed by atoms with Gasteiger partial charge in [0.05, 0.1) is 0 Å². The number of aryl methyl sites for hydroxylation is 2. The molecule has 1 amide bonds. The van der Waals surface area contributed by atoms with Gasteiger partial charge in [0.15, 0.2) is 0 Å². The molecule has 5 heteroatoms. The first-order chi connectivity index (χ1) is 11.5. The highest BCUT2D eigenvalue weighted by Crippen LogP contribution is 2.29. The van der Waals surface area contributed by atoms with Crippen molar-refractivity contribution in [3.05, 3.63) is 34.9 Å². The third-order valence-corrected chi connectivity index (χ3v) is 5.39. The molecule has 0 spiro atoms. The molecule has 0 bridgehead atoms. The van der Waals surface area contributed by atoms with Gasteiger partial charge in [0.1, 0.15) is 0 Å². The van der Waals surface area contributed by atoms with E-state index in [0.717, 1.165) is 49.6 Å². The summed E-state index contributed by atoms with van der Waals surface area (Å²) in [6, 6.07) is 5.59. The van der Waals surface area contributed by atoms with Crippen molar-refractivity contribution in [2.24, 2.45) is 5.92 Å². The van der Waals surface area contributed by atoms with Gasteiger partial charge in [0, 0.05) is 44.7 Å². The minimum Gasteiger partial charge on any atom is -0.340 e. The lowest BCUT2D eigenvalue weighted by Crippen LogP contribution is -2.49. The highest BCUT2D eigenvalue weighted by atomic mass is 32.1. The summed E-state index contributed by atoms with van der Waals surface area (Å²) >= 11 is 3.85. The molecular weight excluding hydrogens is 320 g/mol. The zero-order chi connectivity index (χ0) is 17.1. The van der Waals surface area contributed by atoms with Crippen LogP contribution >= 0.6 is 12.6 Å². The molecular formula is C19H26N2O2S. The number of carbonyl (C=O) groups excluding carboxylic acids is 2. The van der Waals surface area contributed by atoms with Crippen LogP contribution in [0.2, 0.25) is 0 Å². The lowest BCUT2D eigenvalue weighted by atomic mass is 10.0. The Morgan fingerprint density at radius 1 is 1.17 bits per heavy atom. The fraction of sp³-hybridized carbons (Fsp3) is 0.579. The average molecular weight is 346 g/mol. The van der Waals surface area contributed by atoms with Crippen LogP contribution in [0.25, 0.3) is 0 Å². The fourth-order valence-corrected chi connectivity index (χ4v) is 3.49. The van der Waals surface area contributed by atoms with E-state index >= 15 is 0 Å². The van der Waals surface area contributed by atoms with Gasteiger partial charge < -0.3 is 4.90 Å². The van der Waals surface area contributed by atoms with Crippen molar-refractivity contribution in [2.75, 3.05) is 32.7 Å². The van der Waals surface area contributed by atoms with Crippen molar-refractivity contribution in [1.29, 1.82) is 0 Å². The maximum Gasteiger partial charge on any atom is 0.222 e. The van der Waals surface area contributed by atoms with Crippen LogP contribution in [-0.2, 0) is 11.2 Å². The first kappa shape index (κ1) is 17.5. The van der Waals surface area contributed by atoms with E-state index in [9.17, 15) is 9.59 Å². The predicted octanol–water partition coefficient (Wildman–Crippen LogP) is 2.55. The van der Waals surface area contributed by atoms with Crippen LogP contribution in [0, 0.1) is 12.8 Å². The van der Waals surface area contributed by atoms with E-state index in [-0.39, 0.29) is 11.0 Å². The van der Waals surface area contributed by atoms with Gasteiger partial charge in [-0.1, -0.05) is 12.1 Å². The Morgan fingerprint density at radius 3 is 2.46 bits per heavy atom. The highest BCUT2D eigenvalue weighted by Gasteiger charge is 2.27. The second-order valence-electron chi connectivity index (χ2n) is 7.07. The molecule has 1 heterocycles. The zero-order valence-corrected chi connectivity index (χ0v) is 15.2. The lowest BCUT2D eigenvalue weighted by molar-refractivity contribution is -0.132. The predicted molar refractivity (Wildman–Crippen MR) is 98.6 cm³/mol. The number of hydrogen-bond donors (Lipinski definition) is 1. The van der Waals surface area contributed by atoms with E-state index < -0.39 is 0 Å². The van der Waals surface area contributed by atoms with Crippen molar-refractivity contribution in [1.82, 2.24) is 9.80 Å². The van der Waals surface area contributed by atoms with E-state index in [4.69, 9.17) is 0 Å². The Morgan fingerprint density at radius 2 is 1.88 bits per heavy atom. The van der Waals surface area contributed by atoms with Gasteiger partial charge in [-0.15, -0.1) is 12.6 Å². The molecule has 130 valence electrons. The molecule has 4 nitrogen and oxygen atoms in total. The number of amides is 1. The lowest BCUT2D eigenvalue weighted by Gasteiger charge is -2.35. The summed E-state index contributed by atoms with van der Waals surface area (Å²) in [4.78, 5) is 28.2. The Bertz CT molecular complexity index is 620. The van der Waals surface area contributed by atoms with Crippen molar-refractivity contribution in [2.45, 2.75) is 32.6 Å². The van der Waals surface area contributed by atoms with E-state index in [1.807, 2.05) is 24.0 Å². The molecule has 1 aliphatic carbocycles. The van der Waals surface area contributed by atoms with Crippen LogP contribution in [0.1, 0.15) is 40.7 Å². The molecule has 0 N–H and O–H groups in total. The normalized spacial score (nSPS) is 18.7. The number of thiol groups is 1. The maximum atomic E-state index is 12.4. The molecule has 2 aliphatic rings. The van der Waals surface area contributed by atoms with Crippen molar-refractivity contribution < 1.29 is 9.59 Å². The third-order valence-electron chi connectivity index (χ3n) is 5.14. The second-order valence-corrected chi connectivity index (χ2v) is 7.48. The van der Waals surface area contributed by atoms with Crippen LogP contribution < -0.4 is 0 Å². The topological polar surface area (TPSA) is 40.6 Å². The summed E-state index contributed by atoms with van der Waals surface area (Å²) in [5.41, 5.74) is 2.80. The van der Waals surface area contributed by atoms with Crippen LogP contribution in [0.5, 0.6) is 0 Å². The van der Waals surface area contributed by atoms with Crippen molar-refractivity contribution >= 4 is 23.7 Å². The highest BCUT2D eigenvalue weighted by molar-refractivity contribution is 7.97. The molecule has 0 radical (unpaired) electrons. The molecule has 1 saturated heterocycles. The van der Waals surface area contributed by atoms with Crippen LogP contribution in [-0.4, -0.2) is 53.5 Å². The minimum atomic E-state index is -0.218. The molecule has 3 rings (SSSR count). The van der Waals surface area contributed by atoms with Crippen molar-refractivity contribution in [3.8, 4) is 0 Å². The number of benzene rings is 1. The Labute approximate surface area is 149 Å². The molecule has 24 heavy (non-hydrogen) atoms. The quantitative estimate of drug-likeness (QED) is 0.805. The minimum absolute atomic E-state index is 0.218. The Hall–Kier alpha value is -1.33. The molecule has 1 aromatic rings. The average Bonchev–Trinajstić information content (AvgIpc) is 3.38. The third kappa shape index (κ3) is 4.61. The standard InChI is InChI=1S/C19H26N2O2S/c1-14-12-17(19(23)24)5-4-16(14)6-7-18(22)21-10-8-20(9-11-21)13-15-2-3-15/h4-5,12,15H,2-3,6-11,13H2,1H3,(H,23,24). The van der Waals surface area contributed by atoms with Crippen molar-refractivity contribution in [3.63, 3.8) is 0 Å². The van der Waals surface area contributed by atoms with E-state index in [1.165, 1.54) is 19.4 Å². The molecule has 0 unspecified atom stereocenters. The summed E-state index contributed by atoms with van der Waals surface area (Å²) in [7, 11) is 0. The zero-order valence-electron chi connectivity index (χ0n) is 14.3. The molecule has 1 aliphatic heterocycles. The first-order valence-electron chi connectivity index (χ1n) is 8.86. The SMILES string of the molecule is Cc1cc(C(=O)S)ccc1CCC(=O)N1CCN(CC2CC2)CC1. The van der Waals surface area contributed by atoms with Gasteiger partial charge in [-0.3, -0.25) is 14.5 Å². The molecule has 1 aromatic carbocycles. The number of piperazine rings is 1. The van der Waals surface area contributed by atoms with Gasteiger partial charge in [0.2, 0.25) is 11.0 Å². The van der Waals surface area contributed by atoms with Crippen LogP contribution in [0.3, 0.4) is 0 Å². The Balaban J connectivity index is 1.46. The van der Waals surface area contributed by atoms with E-state index in [0.29, 0.717) is 12.0 Å². The molecule has 1 saturated carbocycles. The van der Waals surface area contributed by atoms with Gasteiger partial charge in [0.25, 0.3) is 0 Å². The smallest absolute Gasteiger partial charge is 0.222 e. The van der Waals surface area contributed by atoms with E-state index in [1.54, 1.807) is 6.07 Å². The van der Waals surface area contributed by atoms with Gasteiger partial charge in [-0.2, -0.15) is 0 Å². The van der Waals surface area contributed by atoms with Gasteiger partial charge in [-0.25, -0.2) is 0 Å². The number of nitrogens with zero attached hydrogens (tertiary/aromatic N) is 2. The first-order valence-corrected chi connectivity index (χ1v) is 9.30. The molecule has 0 aromatic heterocycles. The van der Waals surface area contributed by atoms with E-state index in [2.05, 4.69) is 17.5 Å². The largest absolute Gasteiger partial charge is 0.340 e. The summed E-state index contributed by atoms with van der Waals surface area (Å²) < 4.78 is 0. The summed E-state index contributed by atoms with van der Waals surface area (Å²) in [5.74, 6) is 1.16. The van der Waals surface area contributed by atoms with Crippen LogP contribution in [0.15, 0.2) is 18.2 Å². The van der Waals surface area contributed by atoms with Gasteiger partial charge >= 0.3 is 0 Å². The number of hydrogen-bond acceptors (Lipinski definition) is 3. The van der Waals surface area contributed by atoms with Crippen LogP contribution in [0.4, 0.5) is 0 Å². The number of carbonyl (C=O) groups is 2. The molecule has 2 fully saturated rings. The molecule has 0 atom stereocenters.